The molecule has 2 N–H and O–H groups in total. The van der Waals surface area contributed by atoms with Crippen molar-refractivity contribution in [3.8, 4) is 11.4 Å². The standard InChI is InChI=1S/C15H15N3/c1-16-9-14-10-17-15(18-14)13-7-6-11-4-2-3-5-12(11)8-13/h2-8,10,16H,9H2,1H3,(H,17,18). The summed E-state index contributed by atoms with van der Waals surface area (Å²) < 4.78 is 0. The summed E-state index contributed by atoms with van der Waals surface area (Å²) in [5.74, 6) is 0.922. The second-order valence-corrected chi connectivity index (χ2v) is 4.35. The molecule has 90 valence electrons. The quantitative estimate of drug-likeness (QED) is 0.735. The molecule has 0 aliphatic rings. The highest BCUT2D eigenvalue weighted by Crippen LogP contribution is 2.22. The van der Waals surface area contributed by atoms with Gasteiger partial charge in [-0.25, -0.2) is 4.98 Å². The summed E-state index contributed by atoms with van der Waals surface area (Å²) in [5.41, 5.74) is 2.22. The third-order valence-corrected chi connectivity index (χ3v) is 3.02. The van der Waals surface area contributed by atoms with E-state index in [1.165, 1.54) is 10.8 Å². The molecule has 0 amide bonds. The highest BCUT2D eigenvalue weighted by atomic mass is 14.9. The van der Waals surface area contributed by atoms with Crippen LogP contribution in [0.2, 0.25) is 0 Å². The fraction of sp³-hybridized carbons (Fsp3) is 0.133. The minimum Gasteiger partial charge on any atom is -0.341 e. The van der Waals surface area contributed by atoms with Gasteiger partial charge in [-0.1, -0.05) is 36.4 Å². The number of rotatable bonds is 3. The molecule has 0 saturated heterocycles. The van der Waals surface area contributed by atoms with Crippen LogP contribution in [0.1, 0.15) is 5.69 Å². The molecule has 0 aliphatic heterocycles. The number of benzene rings is 2. The van der Waals surface area contributed by atoms with E-state index in [0.29, 0.717) is 0 Å². The molecule has 18 heavy (non-hydrogen) atoms. The Labute approximate surface area is 106 Å². The van der Waals surface area contributed by atoms with E-state index in [1.54, 1.807) is 0 Å². The highest BCUT2D eigenvalue weighted by molar-refractivity contribution is 5.86. The Hall–Kier alpha value is -2.13. The van der Waals surface area contributed by atoms with E-state index in [2.05, 4.69) is 57.7 Å². The Kier molecular flexibility index (Phi) is 2.82. The Morgan fingerprint density at radius 3 is 2.78 bits per heavy atom. The minimum atomic E-state index is 0.806. The van der Waals surface area contributed by atoms with Crippen molar-refractivity contribution in [2.45, 2.75) is 6.54 Å². The third-order valence-electron chi connectivity index (χ3n) is 3.02. The summed E-state index contributed by atoms with van der Waals surface area (Å²) in [5, 5.41) is 5.60. The first-order chi connectivity index (χ1) is 8.86. The molecule has 3 rings (SSSR count). The van der Waals surface area contributed by atoms with Gasteiger partial charge in [0.1, 0.15) is 5.82 Å². The molecule has 0 atom stereocenters. The topological polar surface area (TPSA) is 40.7 Å². The van der Waals surface area contributed by atoms with Gasteiger partial charge in [-0.2, -0.15) is 0 Å². The molecule has 0 aliphatic carbocycles. The van der Waals surface area contributed by atoms with Crippen molar-refractivity contribution < 1.29 is 0 Å². The molecular weight excluding hydrogens is 222 g/mol. The molecule has 3 aromatic rings. The summed E-state index contributed by atoms with van der Waals surface area (Å²) in [4.78, 5) is 7.74. The fourth-order valence-corrected chi connectivity index (χ4v) is 2.12. The van der Waals surface area contributed by atoms with E-state index in [-0.39, 0.29) is 0 Å². The zero-order valence-electron chi connectivity index (χ0n) is 10.3. The highest BCUT2D eigenvalue weighted by Gasteiger charge is 2.03. The monoisotopic (exact) mass is 237 g/mol. The van der Waals surface area contributed by atoms with Crippen molar-refractivity contribution >= 4 is 10.8 Å². The van der Waals surface area contributed by atoms with Crippen molar-refractivity contribution in [1.82, 2.24) is 15.3 Å². The molecule has 0 spiro atoms. The van der Waals surface area contributed by atoms with Gasteiger partial charge < -0.3 is 10.3 Å². The summed E-state index contributed by atoms with van der Waals surface area (Å²) in [6.45, 7) is 0.806. The van der Waals surface area contributed by atoms with Gasteiger partial charge in [0.2, 0.25) is 0 Å². The van der Waals surface area contributed by atoms with Crippen LogP contribution in [0.25, 0.3) is 22.2 Å². The lowest BCUT2D eigenvalue weighted by molar-refractivity contribution is 0.797. The van der Waals surface area contributed by atoms with Crippen LogP contribution >= 0.6 is 0 Å². The summed E-state index contributed by atoms with van der Waals surface area (Å²) in [7, 11) is 1.93. The predicted molar refractivity (Wildman–Crippen MR) is 74.3 cm³/mol. The lowest BCUT2D eigenvalue weighted by Gasteiger charge is -2.01. The fourth-order valence-electron chi connectivity index (χ4n) is 2.12. The summed E-state index contributed by atoms with van der Waals surface area (Å²) >= 11 is 0. The predicted octanol–water partition coefficient (Wildman–Crippen LogP) is 2.95. The first kappa shape index (κ1) is 11.0. The average molecular weight is 237 g/mol. The number of nitrogens with zero attached hydrogens (tertiary/aromatic N) is 1. The first-order valence-electron chi connectivity index (χ1n) is 6.04. The number of hydrogen-bond donors (Lipinski definition) is 2. The van der Waals surface area contributed by atoms with Crippen LogP contribution in [0, 0.1) is 0 Å². The molecule has 0 unspecified atom stereocenters. The van der Waals surface area contributed by atoms with Gasteiger partial charge in [-0.3, -0.25) is 0 Å². The van der Waals surface area contributed by atoms with Gasteiger partial charge in [0.25, 0.3) is 0 Å². The molecule has 1 heterocycles. The lowest BCUT2D eigenvalue weighted by Crippen LogP contribution is -2.04. The third kappa shape index (κ3) is 2.00. The second kappa shape index (κ2) is 4.63. The van der Waals surface area contributed by atoms with E-state index in [0.717, 1.165) is 23.6 Å². The van der Waals surface area contributed by atoms with Gasteiger partial charge in [-0.05, 0) is 23.9 Å². The molecule has 3 heteroatoms. The molecule has 0 bridgehead atoms. The Balaban J connectivity index is 2.02. The smallest absolute Gasteiger partial charge is 0.137 e. The average Bonchev–Trinajstić information content (AvgIpc) is 2.87. The number of fused-ring (bicyclic) bond motifs is 1. The van der Waals surface area contributed by atoms with Crippen LogP contribution in [-0.2, 0) is 6.54 Å². The second-order valence-electron chi connectivity index (χ2n) is 4.35. The van der Waals surface area contributed by atoms with Gasteiger partial charge >= 0.3 is 0 Å². The van der Waals surface area contributed by atoms with Crippen molar-refractivity contribution in [3.05, 3.63) is 54.4 Å². The van der Waals surface area contributed by atoms with E-state index in [1.807, 2.05) is 13.2 Å². The summed E-state index contributed by atoms with van der Waals surface area (Å²) in [6.07, 6.45) is 1.88. The maximum Gasteiger partial charge on any atom is 0.137 e. The van der Waals surface area contributed by atoms with Gasteiger partial charge in [0.15, 0.2) is 0 Å². The molecular formula is C15H15N3. The Bertz CT molecular complexity index is 670. The molecule has 0 fully saturated rings. The van der Waals surface area contributed by atoms with Crippen molar-refractivity contribution in [2.75, 3.05) is 7.05 Å². The van der Waals surface area contributed by atoms with Gasteiger partial charge in [0, 0.05) is 24.0 Å². The SMILES string of the molecule is CNCc1cnc(-c2ccc3ccccc3c2)[nH]1. The van der Waals surface area contributed by atoms with Crippen LogP contribution in [-0.4, -0.2) is 17.0 Å². The van der Waals surface area contributed by atoms with Crippen molar-refractivity contribution in [2.24, 2.45) is 0 Å². The Morgan fingerprint density at radius 2 is 1.94 bits per heavy atom. The number of imidazole rings is 1. The molecule has 1 aromatic heterocycles. The van der Waals surface area contributed by atoms with E-state index in [9.17, 15) is 0 Å². The van der Waals surface area contributed by atoms with E-state index < -0.39 is 0 Å². The van der Waals surface area contributed by atoms with E-state index in [4.69, 9.17) is 0 Å². The molecule has 0 saturated carbocycles. The number of nitrogens with one attached hydrogen (secondary N) is 2. The van der Waals surface area contributed by atoms with Gasteiger partial charge in [-0.15, -0.1) is 0 Å². The normalized spacial score (nSPS) is 10.9. The van der Waals surface area contributed by atoms with Crippen molar-refractivity contribution in [1.29, 1.82) is 0 Å². The maximum absolute atomic E-state index is 4.42. The maximum atomic E-state index is 4.42. The zero-order valence-corrected chi connectivity index (χ0v) is 10.3. The molecule has 0 radical (unpaired) electrons. The lowest BCUT2D eigenvalue weighted by atomic mass is 10.1. The van der Waals surface area contributed by atoms with Crippen LogP contribution in [0.5, 0.6) is 0 Å². The number of hydrogen-bond acceptors (Lipinski definition) is 2. The van der Waals surface area contributed by atoms with Crippen LogP contribution in [0.4, 0.5) is 0 Å². The largest absolute Gasteiger partial charge is 0.341 e. The molecule has 2 aromatic carbocycles. The molecule has 3 nitrogen and oxygen atoms in total. The van der Waals surface area contributed by atoms with Crippen LogP contribution in [0.15, 0.2) is 48.7 Å². The first-order valence-corrected chi connectivity index (χ1v) is 6.04. The minimum absolute atomic E-state index is 0.806. The Morgan fingerprint density at radius 1 is 1.11 bits per heavy atom. The number of aromatic nitrogens is 2. The number of H-pyrrole nitrogens is 1. The van der Waals surface area contributed by atoms with Crippen LogP contribution in [0.3, 0.4) is 0 Å². The van der Waals surface area contributed by atoms with Crippen molar-refractivity contribution in [3.63, 3.8) is 0 Å². The van der Waals surface area contributed by atoms with Crippen LogP contribution < -0.4 is 5.32 Å². The number of aromatic amines is 1. The van der Waals surface area contributed by atoms with Gasteiger partial charge in [0.05, 0.1) is 0 Å². The summed E-state index contributed by atoms with van der Waals surface area (Å²) in [6, 6.07) is 14.7. The van der Waals surface area contributed by atoms with E-state index >= 15 is 0 Å². The zero-order chi connectivity index (χ0) is 12.4.